The minimum absolute atomic E-state index is 0.0785. The van der Waals surface area contributed by atoms with Crippen LogP contribution in [0.3, 0.4) is 0 Å². The van der Waals surface area contributed by atoms with Crippen LogP contribution in [-0.2, 0) is 0 Å². The number of aromatic amines is 1. The minimum Gasteiger partial charge on any atom is -0.329 e. The Morgan fingerprint density at radius 3 is 2.40 bits per heavy atom. The molecule has 2 heteroatoms. The van der Waals surface area contributed by atoms with Crippen LogP contribution in [0.15, 0.2) is 53.5 Å². The highest BCUT2D eigenvalue weighted by atomic mass is 16.1. The second-order valence-electron chi connectivity index (χ2n) is 3.23. The molecule has 0 saturated heterocycles. The van der Waals surface area contributed by atoms with Gasteiger partial charge in [-0.05, 0) is 17.2 Å². The molecule has 2 aromatic rings. The van der Waals surface area contributed by atoms with Gasteiger partial charge in [0.15, 0.2) is 0 Å². The Hall–Kier alpha value is -2.09. The predicted octanol–water partition coefficient (Wildman–Crippen LogP) is 2.55. The normalized spacial score (nSPS) is 10.7. The maximum atomic E-state index is 11.0. The van der Waals surface area contributed by atoms with Crippen molar-refractivity contribution in [2.45, 2.75) is 0 Å². The Morgan fingerprint density at radius 2 is 1.67 bits per heavy atom. The summed E-state index contributed by atoms with van der Waals surface area (Å²) in [7, 11) is 0. The maximum absolute atomic E-state index is 11.0. The summed E-state index contributed by atoms with van der Waals surface area (Å²) in [5, 5.41) is 0. The fraction of sp³-hybridized carbons (Fsp3) is 0. The Labute approximate surface area is 87.9 Å². The van der Waals surface area contributed by atoms with Crippen molar-refractivity contribution in [2.75, 3.05) is 0 Å². The highest BCUT2D eigenvalue weighted by Gasteiger charge is 1.87. The topological polar surface area (TPSA) is 32.9 Å². The third-order valence-electron chi connectivity index (χ3n) is 2.07. The van der Waals surface area contributed by atoms with Gasteiger partial charge in [0.1, 0.15) is 0 Å². The lowest BCUT2D eigenvalue weighted by Crippen LogP contribution is -2.01. The third kappa shape index (κ3) is 2.68. The smallest absolute Gasteiger partial charge is 0.248 e. The molecule has 2 rings (SSSR count). The van der Waals surface area contributed by atoms with E-state index in [4.69, 9.17) is 0 Å². The van der Waals surface area contributed by atoms with E-state index in [1.54, 1.807) is 12.3 Å². The van der Waals surface area contributed by atoms with Crippen LogP contribution in [0, 0.1) is 0 Å². The Bertz CT molecular complexity index is 511. The first-order chi connectivity index (χ1) is 7.34. The van der Waals surface area contributed by atoms with Crippen LogP contribution >= 0.6 is 0 Å². The van der Waals surface area contributed by atoms with E-state index < -0.39 is 0 Å². The van der Waals surface area contributed by atoms with Crippen LogP contribution in [0.2, 0.25) is 0 Å². The van der Waals surface area contributed by atoms with Crippen molar-refractivity contribution >= 4 is 12.2 Å². The van der Waals surface area contributed by atoms with Gasteiger partial charge in [-0.25, -0.2) is 0 Å². The summed E-state index contributed by atoms with van der Waals surface area (Å²) >= 11 is 0. The number of H-pyrrole nitrogens is 1. The van der Waals surface area contributed by atoms with E-state index in [0.717, 1.165) is 11.1 Å². The standard InChI is InChI=1S/C13H11NO/c15-13-10-12(8-9-14-13)7-6-11-4-2-1-3-5-11/h1-10H,(H,14,15)/b7-6+. The van der Waals surface area contributed by atoms with E-state index in [2.05, 4.69) is 4.98 Å². The molecule has 0 bridgehead atoms. The number of rotatable bonds is 2. The van der Waals surface area contributed by atoms with Crippen LogP contribution in [0.5, 0.6) is 0 Å². The largest absolute Gasteiger partial charge is 0.329 e. The molecule has 0 fully saturated rings. The number of hydrogen-bond donors (Lipinski definition) is 1. The van der Waals surface area contributed by atoms with Crippen molar-refractivity contribution in [3.8, 4) is 0 Å². The second-order valence-corrected chi connectivity index (χ2v) is 3.23. The summed E-state index contributed by atoms with van der Waals surface area (Å²) < 4.78 is 0. The van der Waals surface area contributed by atoms with Gasteiger partial charge in [0.25, 0.3) is 0 Å². The molecule has 15 heavy (non-hydrogen) atoms. The van der Waals surface area contributed by atoms with Gasteiger partial charge in [-0.2, -0.15) is 0 Å². The molecule has 1 aromatic carbocycles. The first-order valence-corrected chi connectivity index (χ1v) is 4.76. The Morgan fingerprint density at radius 1 is 0.933 bits per heavy atom. The molecule has 1 aromatic heterocycles. The zero-order chi connectivity index (χ0) is 10.5. The first-order valence-electron chi connectivity index (χ1n) is 4.76. The molecule has 0 spiro atoms. The van der Waals surface area contributed by atoms with Gasteiger partial charge in [0.05, 0.1) is 0 Å². The van der Waals surface area contributed by atoms with Crippen LogP contribution in [-0.4, -0.2) is 4.98 Å². The Balaban J connectivity index is 2.23. The number of pyridine rings is 1. The van der Waals surface area contributed by atoms with Crippen molar-refractivity contribution in [3.63, 3.8) is 0 Å². The van der Waals surface area contributed by atoms with Crippen LogP contribution in [0.25, 0.3) is 12.2 Å². The van der Waals surface area contributed by atoms with E-state index in [9.17, 15) is 4.79 Å². The van der Waals surface area contributed by atoms with Gasteiger partial charge in [-0.3, -0.25) is 4.79 Å². The Kier molecular flexibility index (Phi) is 2.79. The van der Waals surface area contributed by atoms with Crippen molar-refractivity contribution < 1.29 is 0 Å². The number of hydrogen-bond acceptors (Lipinski definition) is 1. The van der Waals surface area contributed by atoms with Crippen molar-refractivity contribution in [3.05, 3.63) is 70.1 Å². The van der Waals surface area contributed by atoms with E-state index in [1.165, 1.54) is 0 Å². The van der Waals surface area contributed by atoms with Crippen LogP contribution < -0.4 is 5.56 Å². The average molecular weight is 197 g/mol. The molecule has 74 valence electrons. The summed E-state index contributed by atoms with van der Waals surface area (Å²) in [5.41, 5.74) is 1.95. The van der Waals surface area contributed by atoms with E-state index >= 15 is 0 Å². The first kappa shape index (κ1) is 9.46. The van der Waals surface area contributed by atoms with Crippen molar-refractivity contribution in [1.29, 1.82) is 0 Å². The second kappa shape index (κ2) is 4.42. The fourth-order valence-corrected chi connectivity index (χ4v) is 1.32. The lowest BCUT2D eigenvalue weighted by atomic mass is 10.1. The maximum Gasteiger partial charge on any atom is 0.248 e. The van der Waals surface area contributed by atoms with E-state index in [1.807, 2.05) is 48.6 Å². The summed E-state index contributed by atoms with van der Waals surface area (Å²) in [5.74, 6) is 0. The summed E-state index contributed by atoms with van der Waals surface area (Å²) in [6.07, 6.45) is 5.55. The van der Waals surface area contributed by atoms with Gasteiger partial charge >= 0.3 is 0 Å². The third-order valence-corrected chi connectivity index (χ3v) is 2.07. The highest BCUT2D eigenvalue weighted by Crippen LogP contribution is 2.05. The molecule has 0 amide bonds. The molecule has 0 aliphatic rings. The molecular weight excluding hydrogens is 186 g/mol. The quantitative estimate of drug-likeness (QED) is 0.788. The number of aromatic nitrogens is 1. The molecule has 0 saturated carbocycles. The molecule has 0 radical (unpaired) electrons. The van der Waals surface area contributed by atoms with Crippen LogP contribution in [0.1, 0.15) is 11.1 Å². The lowest BCUT2D eigenvalue weighted by Gasteiger charge is -1.92. The fourth-order valence-electron chi connectivity index (χ4n) is 1.32. The zero-order valence-electron chi connectivity index (χ0n) is 8.18. The predicted molar refractivity (Wildman–Crippen MR) is 62.4 cm³/mol. The number of benzene rings is 1. The lowest BCUT2D eigenvalue weighted by molar-refractivity contribution is 1.23. The van der Waals surface area contributed by atoms with Gasteiger partial charge in [0, 0.05) is 12.3 Å². The molecule has 0 unspecified atom stereocenters. The average Bonchev–Trinajstić information content (AvgIpc) is 2.28. The SMILES string of the molecule is O=c1cc(/C=C/c2ccccc2)cc[nH]1. The summed E-state index contributed by atoms with van der Waals surface area (Å²) in [6, 6.07) is 13.4. The summed E-state index contributed by atoms with van der Waals surface area (Å²) in [4.78, 5) is 13.6. The molecule has 2 nitrogen and oxygen atoms in total. The summed E-state index contributed by atoms with van der Waals surface area (Å²) in [6.45, 7) is 0. The van der Waals surface area contributed by atoms with Crippen LogP contribution in [0.4, 0.5) is 0 Å². The van der Waals surface area contributed by atoms with E-state index in [-0.39, 0.29) is 5.56 Å². The molecule has 0 aliphatic carbocycles. The molecule has 1 N–H and O–H groups in total. The zero-order valence-corrected chi connectivity index (χ0v) is 8.18. The highest BCUT2D eigenvalue weighted by molar-refractivity contribution is 5.69. The molecular formula is C13H11NO. The van der Waals surface area contributed by atoms with Gasteiger partial charge in [0.2, 0.25) is 5.56 Å². The van der Waals surface area contributed by atoms with Gasteiger partial charge in [-0.15, -0.1) is 0 Å². The molecule has 0 atom stereocenters. The van der Waals surface area contributed by atoms with Crippen molar-refractivity contribution in [1.82, 2.24) is 4.98 Å². The van der Waals surface area contributed by atoms with E-state index in [0.29, 0.717) is 0 Å². The minimum atomic E-state index is -0.0785. The number of nitrogens with one attached hydrogen (secondary N) is 1. The van der Waals surface area contributed by atoms with Gasteiger partial charge in [-0.1, -0.05) is 42.5 Å². The molecule has 1 heterocycles. The van der Waals surface area contributed by atoms with Crippen molar-refractivity contribution in [2.24, 2.45) is 0 Å². The monoisotopic (exact) mass is 197 g/mol. The van der Waals surface area contributed by atoms with Gasteiger partial charge < -0.3 is 4.98 Å². The molecule has 0 aliphatic heterocycles.